The molecule has 13 rings (SSSR count). The Bertz CT molecular complexity index is 3880. The van der Waals surface area contributed by atoms with Gasteiger partial charge in [0.15, 0.2) is 6.29 Å². The van der Waals surface area contributed by atoms with Crippen LogP contribution in [0, 0.1) is 0 Å². The van der Waals surface area contributed by atoms with Gasteiger partial charge >= 0.3 is 0 Å². The van der Waals surface area contributed by atoms with Crippen LogP contribution in [0.4, 0.5) is 0 Å². The predicted octanol–water partition coefficient (Wildman–Crippen LogP) is 16.3. The predicted molar refractivity (Wildman–Crippen MR) is 256 cm³/mol. The van der Waals surface area contributed by atoms with E-state index in [1.807, 2.05) is 0 Å². The zero-order valence-electron chi connectivity index (χ0n) is 32.5. The smallest absolute Gasteiger partial charge is 0.150 e. The summed E-state index contributed by atoms with van der Waals surface area (Å²) in [6.45, 7) is 0. The topological polar surface area (TPSA) is 17.1 Å². The number of rotatable bonds is 5. The van der Waals surface area contributed by atoms with E-state index >= 15 is 0 Å². The fourth-order valence-electron chi connectivity index (χ4n) is 10.7. The Labute approximate surface area is 346 Å². The maximum absolute atomic E-state index is 13.0. The summed E-state index contributed by atoms with van der Waals surface area (Å²) in [5, 5.41) is 20.1. The standard InChI is InChI=1S/C59H34O/c60-34-41-32-40(39-26-25-35-13-7-8-18-38(35)31-39)27-28-42(41)45-29-30-50-55-47(45)22-12-24-49(55)58-53(36-14-3-1-4-15-36)52-33-51-44-20-10-9-19-43(44)46-21-11-23-48(56(46)51)57(52)54(59(50)58)37-16-5-2-6-17-37/h1-34H. The molecule has 0 N–H and O–H groups in total. The Morgan fingerprint density at radius 1 is 0.267 bits per heavy atom. The molecule has 0 spiro atoms. The molecule has 0 radical (unpaired) electrons. The number of carbonyl (C=O) groups is 1. The number of fused-ring (bicyclic) bond motifs is 9. The average Bonchev–Trinajstić information content (AvgIpc) is 3.82. The fourth-order valence-corrected chi connectivity index (χ4v) is 10.7. The Balaban J connectivity index is 1.17. The Morgan fingerprint density at radius 2 is 0.800 bits per heavy atom. The van der Waals surface area contributed by atoms with Gasteiger partial charge in [-0.15, -0.1) is 0 Å². The zero-order valence-corrected chi connectivity index (χ0v) is 32.5. The highest BCUT2D eigenvalue weighted by atomic mass is 16.1. The van der Waals surface area contributed by atoms with Crippen LogP contribution in [0.25, 0.3) is 131 Å². The fraction of sp³-hybridized carbons (Fsp3) is 0. The van der Waals surface area contributed by atoms with Gasteiger partial charge in [-0.25, -0.2) is 0 Å². The quantitative estimate of drug-likeness (QED) is 0.126. The van der Waals surface area contributed by atoms with Crippen LogP contribution in [0.2, 0.25) is 0 Å². The maximum Gasteiger partial charge on any atom is 0.150 e. The van der Waals surface area contributed by atoms with Gasteiger partial charge in [0.2, 0.25) is 0 Å². The van der Waals surface area contributed by atoms with Crippen molar-refractivity contribution in [3.63, 3.8) is 0 Å². The lowest BCUT2D eigenvalue weighted by molar-refractivity contribution is 0.112. The molecule has 0 aliphatic rings. The summed E-state index contributed by atoms with van der Waals surface area (Å²) in [7, 11) is 0. The van der Waals surface area contributed by atoms with Crippen LogP contribution in [-0.4, -0.2) is 6.29 Å². The molecule has 0 unspecified atom stereocenters. The Kier molecular flexibility index (Phi) is 6.94. The average molecular weight is 759 g/mol. The monoisotopic (exact) mass is 758 g/mol. The van der Waals surface area contributed by atoms with Gasteiger partial charge in [0.25, 0.3) is 0 Å². The second-order valence-electron chi connectivity index (χ2n) is 16.2. The van der Waals surface area contributed by atoms with Gasteiger partial charge in [-0.3, -0.25) is 4.79 Å². The van der Waals surface area contributed by atoms with E-state index in [1.54, 1.807) is 0 Å². The van der Waals surface area contributed by atoms with Crippen LogP contribution in [0.3, 0.4) is 0 Å². The molecule has 13 aromatic carbocycles. The number of hydrogen-bond donors (Lipinski definition) is 0. The summed E-state index contributed by atoms with van der Waals surface area (Å²) in [5.74, 6) is 0. The van der Waals surface area contributed by atoms with Crippen molar-refractivity contribution in [3.05, 3.63) is 206 Å². The van der Waals surface area contributed by atoms with Crippen LogP contribution in [-0.2, 0) is 0 Å². The molecule has 0 bridgehead atoms. The number of aldehydes is 1. The van der Waals surface area contributed by atoms with Crippen LogP contribution in [0.5, 0.6) is 0 Å². The molecule has 60 heavy (non-hydrogen) atoms. The third-order valence-corrected chi connectivity index (χ3v) is 13.2. The van der Waals surface area contributed by atoms with E-state index in [0.717, 1.165) is 33.9 Å². The molecular formula is C59H34O. The van der Waals surface area contributed by atoms with Gasteiger partial charge in [-0.1, -0.05) is 182 Å². The van der Waals surface area contributed by atoms with E-state index in [1.165, 1.54) is 103 Å². The van der Waals surface area contributed by atoms with Crippen molar-refractivity contribution < 1.29 is 4.79 Å². The highest BCUT2D eigenvalue weighted by Crippen LogP contribution is 2.55. The summed E-state index contributed by atoms with van der Waals surface area (Å²) in [6.07, 6.45) is 1.02. The molecule has 1 nitrogen and oxygen atoms in total. The molecule has 13 aromatic rings. The van der Waals surface area contributed by atoms with Crippen LogP contribution in [0.1, 0.15) is 10.4 Å². The normalized spacial score (nSPS) is 12.1. The highest BCUT2D eigenvalue weighted by Gasteiger charge is 2.27. The first kappa shape index (κ1) is 33.1. The first-order valence-corrected chi connectivity index (χ1v) is 20.7. The highest BCUT2D eigenvalue weighted by molar-refractivity contribution is 6.45. The lowest BCUT2D eigenvalue weighted by Crippen LogP contribution is -1.91. The van der Waals surface area contributed by atoms with E-state index in [9.17, 15) is 4.79 Å². The van der Waals surface area contributed by atoms with E-state index in [0.29, 0.717) is 5.56 Å². The summed E-state index contributed by atoms with van der Waals surface area (Å²) in [6, 6.07) is 72.8. The third kappa shape index (κ3) is 4.55. The van der Waals surface area contributed by atoms with Gasteiger partial charge in [0.05, 0.1) is 0 Å². The van der Waals surface area contributed by atoms with Crippen molar-refractivity contribution in [1.82, 2.24) is 0 Å². The Morgan fingerprint density at radius 3 is 1.57 bits per heavy atom. The minimum Gasteiger partial charge on any atom is -0.298 e. The second kappa shape index (κ2) is 12.6. The van der Waals surface area contributed by atoms with Gasteiger partial charge in [-0.2, -0.15) is 0 Å². The number of benzene rings is 11. The first-order chi connectivity index (χ1) is 29.7. The minimum atomic E-state index is 0.683. The van der Waals surface area contributed by atoms with Crippen molar-refractivity contribution in [1.29, 1.82) is 0 Å². The number of hydrogen-bond acceptors (Lipinski definition) is 1. The molecule has 0 aliphatic heterocycles. The van der Waals surface area contributed by atoms with Gasteiger partial charge < -0.3 is 0 Å². The van der Waals surface area contributed by atoms with Crippen LogP contribution < -0.4 is 0 Å². The lowest BCUT2D eigenvalue weighted by atomic mass is 9.84. The van der Waals surface area contributed by atoms with Crippen molar-refractivity contribution in [2.24, 2.45) is 0 Å². The van der Waals surface area contributed by atoms with Crippen LogP contribution in [0.15, 0.2) is 200 Å². The zero-order chi connectivity index (χ0) is 39.5. The number of carbonyl (C=O) groups excluding carboxylic acids is 1. The van der Waals surface area contributed by atoms with Gasteiger partial charge in [0, 0.05) is 5.56 Å². The largest absolute Gasteiger partial charge is 0.298 e. The van der Waals surface area contributed by atoms with Gasteiger partial charge in [0.1, 0.15) is 0 Å². The van der Waals surface area contributed by atoms with E-state index in [4.69, 9.17) is 0 Å². The SMILES string of the molecule is O=Cc1cc(-c2ccc3ccccc3c2)ccc1-c1ccc2c3c(-c4ccccc4)c4c(cc5c6ccccc6c6cccc4c65)c(-c4ccccc4)c3c3cccc1c32. The molecule has 0 amide bonds. The lowest BCUT2D eigenvalue weighted by Gasteiger charge is -2.19. The van der Waals surface area contributed by atoms with Crippen molar-refractivity contribution in [2.75, 3.05) is 0 Å². The molecule has 1 heteroatoms. The summed E-state index contributed by atoms with van der Waals surface area (Å²) in [4.78, 5) is 13.0. The van der Waals surface area contributed by atoms with E-state index in [2.05, 4.69) is 200 Å². The summed E-state index contributed by atoms with van der Waals surface area (Å²) >= 11 is 0. The molecule has 0 aliphatic carbocycles. The van der Waals surface area contributed by atoms with Crippen molar-refractivity contribution >= 4 is 92.5 Å². The molecule has 0 fully saturated rings. The van der Waals surface area contributed by atoms with Crippen LogP contribution >= 0.6 is 0 Å². The summed E-state index contributed by atoms with van der Waals surface area (Å²) < 4.78 is 0. The molecule has 0 aromatic heterocycles. The first-order valence-electron chi connectivity index (χ1n) is 20.7. The molecule has 0 heterocycles. The van der Waals surface area contributed by atoms with E-state index in [-0.39, 0.29) is 0 Å². The molecule has 0 atom stereocenters. The maximum atomic E-state index is 13.0. The van der Waals surface area contributed by atoms with Gasteiger partial charge in [-0.05, 0) is 149 Å². The second-order valence-corrected chi connectivity index (χ2v) is 16.2. The van der Waals surface area contributed by atoms with E-state index < -0.39 is 0 Å². The molecule has 276 valence electrons. The summed E-state index contributed by atoms with van der Waals surface area (Å²) in [5.41, 5.74) is 9.73. The third-order valence-electron chi connectivity index (χ3n) is 13.2. The molecular weight excluding hydrogens is 725 g/mol. The van der Waals surface area contributed by atoms with Crippen molar-refractivity contribution in [2.45, 2.75) is 0 Å². The Hall–Kier alpha value is -7.87. The molecule has 0 saturated carbocycles. The molecule has 0 saturated heterocycles. The van der Waals surface area contributed by atoms with Crippen molar-refractivity contribution in [3.8, 4) is 44.5 Å². The minimum absolute atomic E-state index is 0.683.